The molecule has 98 valence electrons. The maximum Gasteiger partial charge on any atom is -0.0106 e. The van der Waals surface area contributed by atoms with E-state index in [1.165, 1.54) is 16.7 Å². The average Bonchev–Trinajstić information content (AvgIpc) is 2.36. The normalized spacial score (nSPS) is 8.50. The van der Waals surface area contributed by atoms with Gasteiger partial charge in [0.25, 0.3) is 0 Å². The highest BCUT2D eigenvalue weighted by atomic mass is 14.5. The lowest BCUT2D eigenvalue weighted by atomic mass is 10.2. The van der Waals surface area contributed by atoms with Crippen LogP contribution >= 0.6 is 0 Å². The minimum atomic E-state index is 0.750. The third kappa shape index (κ3) is 9.61. The zero-order valence-corrected chi connectivity index (χ0v) is 12.0. The predicted octanol–water partition coefficient (Wildman–Crippen LogP) is 4.26. The van der Waals surface area contributed by atoms with E-state index in [0.717, 1.165) is 6.54 Å². The van der Waals surface area contributed by atoms with E-state index in [1.54, 1.807) is 0 Å². The first-order valence-electron chi connectivity index (χ1n) is 6.35. The molecule has 0 saturated heterocycles. The Morgan fingerprint density at radius 3 is 1.17 bits per heavy atom. The summed E-state index contributed by atoms with van der Waals surface area (Å²) in [7, 11) is 0. The Bertz CT molecular complexity index is 369. The maximum absolute atomic E-state index is 4.85. The van der Waals surface area contributed by atoms with E-state index in [0.29, 0.717) is 0 Å². The van der Waals surface area contributed by atoms with Gasteiger partial charge in [-0.3, -0.25) is 0 Å². The topological polar surface area (TPSA) is 26.0 Å². The van der Waals surface area contributed by atoms with Crippen molar-refractivity contribution in [3.63, 3.8) is 0 Å². The zero-order chi connectivity index (χ0) is 13.8. The van der Waals surface area contributed by atoms with Gasteiger partial charge in [-0.2, -0.15) is 0 Å². The molecule has 0 spiro atoms. The number of nitrogens with two attached hydrogens (primary N) is 1. The van der Waals surface area contributed by atoms with Crippen LogP contribution < -0.4 is 5.73 Å². The Balaban J connectivity index is 0.000000267. The molecule has 0 aliphatic carbocycles. The molecule has 18 heavy (non-hydrogen) atoms. The highest BCUT2D eigenvalue weighted by Gasteiger charge is 1.79. The van der Waals surface area contributed by atoms with Crippen molar-refractivity contribution in [3.8, 4) is 0 Å². The third-order valence-electron chi connectivity index (χ3n) is 2.16. The van der Waals surface area contributed by atoms with Crippen molar-refractivity contribution in [1.82, 2.24) is 0 Å². The number of rotatable bonds is 0. The standard InChI is InChI=1S/C8H10.C7H8.C2H7N/c1-7-3-5-8(2)6-4-7;1-7-5-3-2-4-6-7;1-2-3/h3-6H,1-2H3;2-6H,1H3;2-3H2,1H3. The zero-order valence-electron chi connectivity index (χ0n) is 12.0. The molecule has 0 radical (unpaired) electrons. The van der Waals surface area contributed by atoms with Crippen LogP contribution in [0.25, 0.3) is 0 Å². The Hall–Kier alpha value is -1.60. The van der Waals surface area contributed by atoms with Gasteiger partial charge in [0.15, 0.2) is 0 Å². The van der Waals surface area contributed by atoms with Crippen LogP contribution in [0.2, 0.25) is 0 Å². The molecular weight excluding hydrogens is 218 g/mol. The van der Waals surface area contributed by atoms with Crippen LogP contribution in [0.5, 0.6) is 0 Å². The van der Waals surface area contributed by atoms with Crippen LogP contribution in [0.4, 0.5) is 0 Å². The van der Waals surface area contributed by atoms with E-state index >= 15 is 0 Å². The summed E-state index contributed by atoms with van der Waals surface area (Å²) in [5.41, 5.74) is 8.83. The van der Waals surface area contributed by atoms with E-state index in [1.807, 2.05) is 25.1 Å². The molecule has 2 rings (SSSR count). The van der Waals surface area contributed by atoms with Gasteiger partial charge in [-0.05, 0) is 27.3 Å². The number of hydrogen-bond acceptors (Lipinski definition) is 1. The molecule has 1 nitrogen and oxygen atoms in total. The van der Waals surface area contributed by atoms with Crippen molar-refractivity contribution in [2.75, 3.05) is 6.54 Å². The minimum absolute atomic E-state index is 0.750. The summed E-state index contributed by atoms with van der Waals surface area (Å²) >= 11 is 0. The van der Waals surface area contributed by atoms with Gasteiger partial charge in [0, 0.05) is 0 Å². The fourth-order valence-electron chi connectivity index (χ4n) is 1.17. The monoisotopic (exact) mass is 243 g/mol. The van der Waals surface area contributed by atoms with E-state index in [4.69, 9.17) is 5.73 Å². The van der Waals surface area contributed by atoms with Crippen LogP contribution in [0.15, 0.2) is 54.6 Å². The second-order valence-corrected chi connectivity index (χ2v) is 4.22. The van der Waals surface area contributed by atoms with Crippen LogP contribution in [0, 0.1) is 20.8 Å². The van der Waals surface area contributed by atoms with Crippen molar-refractivity contribution >= 4 is 0 Å². The van der Waals surface area contributed by atoms with Crippen molar-refractivity contribution in [3.05, 3.63) is 71.3 Å². The van der Waals surface area contributed by atoms with Gasteiger partial charge in [-0.1, -0.05) is 78.2 Å². The van der Waals surface area contributed by atoms with Gasteiger partial charge in [-0.25, -0.2) is 0 Å². The van der Waals surface area contributed by atoms with E-state index in [9.17, 15) is 0 Å². The second kappa shape index (κ2) is 10.5. The van der Waals surface area contributed by atoms with Crippen molar-refractivity contribution in [1.29, 1.82) is 0 Å². The highest BCUT2D eigenvalue weighted by molar-refractivity contribution is 5.19. The summed E-state index contributed by atoms with van der Waals surface area (Å²) in [6.45, 7) is 8.93. The van der Waals surface area contributed by atoms with Gasteiger partial charge in [0.2, 0.25) is 0 Å². The summed E-state index contributed by atoms with van der Waals surface area (Å²) < 4.78 is 0. The summed E-state index contributed by atoms with van der Waals surface area (Å²) in [5, 5.41) is 0. The number of aryl methyl sites for hydroxylation is 3. The summed E-state index contributed by atoms with van der Waals surface area (Å²) in [6.07, 6.45) is 0. The smallest absolute Gasteiger partial charge is 0.0106 e. The van der Waals surface area contributed by atoms with Crippen molar-refractivity contribution < 1.29 is 0 Å². The molecule has 0 aromatic heterocycles. The summed E-state index contributed by atoms with van der Waals surface area (Å²) in [5.74, 6) is 0. The molecule has 2 aromatic rings. The second-order valence-electron chi connectivity index (χ2n) is 4.22. The molecule has 0 aliphatic rings. The van der Waals surface area contributed by atoms with Crippen molar-refractivity contribution in [2.24, 2.45) is 5.73 Å². The van der Waals surface area contributed by atoms with E-state index in [-0.39, 0.29) is 0 Å². The molecule has 0 saturated carbocycles. The fourth-order valence-corrected chi connectivity index (χ4v) is 1.17. The van der Waals surface area contributed by atoms with Gasteiger partial charge in [-0.15, -0.1) is 0 Å². The molecule has 0 amide bonds. The molecule has 0 atom stereocenters. The van der Waals surface area contributed by atoms with Gasteiger partial charge in [0.1, 0.15) is 0 Å². The van der Waals surface area contributed by atoms with Gasteiger partial charge < -0.3 is 5.73 Å². The van der Waals surface area contributed by atoms with Crippen LogP contribution in [0.1, 0.15) is 23.6 Å². The van der Waals surface area contributed by atoms with Crippen molar-refractivity contribution in [2.45, 2.75) is 27.7 Å². The predicted molar refractivity (Wildman–Crippen MR) is 81.8 cm³/mol. The number of hydrogen-bond donors (Lipinski definition) is 1. The van der Waals surface area contributed by atoms with Gasteiger partial charge >= 0.3 is 0 Å². The highest BCUT2D eigenvalue weighted by Crippen LogP contribution is 1.99. The number of benzene rings is 2. The first-order valence-corrected chi connectivity index (χ1v) is 6.35. The largest absolute Gasteiger partial charge is 0.331 e. The first-order chi connectivity index (χ1) is 8.60. The molecule has 0 fully saturated rings. The SMILES string of the molecule is CCN.Cc1ccc(C)cc1.Cc1ccccc1. The first kappa shape index (κ1) is 16.4. The van der Waals surface area contributed by atoms with Crippen LogP contribution in [-0.2, 0) is 0 Å². The average molecular weight is 243 g/mol. The lowest BCUT2D eigenvalue weighted by Gasteiger charge is -1.90. The fraction of sp³-hybridized carbons (Fsp3) is 0.294. The Kier molecular flexibility index (Phi) is 9.61. The molecule has 2 N–H and O–H groups in total. The molecule has 0 unspecified atom stereocenters. The Labute approximate surface area is 112 Å². The lowest BCUT2D eigenvalue weighted by Crippen LogP contribution is -1.87. The van der Waals surface area contributed by atoms with Crippen LogP contribution in [-0.4, -0.2) is 6.54 Å². The minimum Gasteiger partial charge on any atom is -0.331 e. The quantitative estimate of drug-likeness (QED) is 0.735. The third-order valence-corrected chi connectivity index (χ3v) is 2.16. The molecular formula is C17H25N. The Morgan fingerprint density at radius 2 is 0.944 bits per heavy atom. The maximum atomic E-state index is 4.85. The van der Waals surface area contributed by atoms with Gasteiger partial charge in [0.05, 0.1) is 0 Å². The summed E-state index contributed by atoms with van der Waals surface area (Å²) in [6, 6.07) is 18.7. The summed E-state index contributed by atoms with van der Waals surface area (Å²) in [4.78, 5) is 0. The molecule has 0 aliphatic heterocycles. The van der Waals surface area contributed by atoms with Crippen LogP contribution in [0.3, 0.4) is 0 Å². The Morgan fingerprint density at radius 1 is 0.667 bits per heavy atom. The molecule has 0 heterocycles. The lowest BCUT2D eigenvalue weighted by molar-refractivity contribution is 1.14. The van der Waals surface area contributed by atoms with E-state index < -0.39 is 0 Å². The molecule has 2 aromatic carbocycles. The molecule has 1 heteroatoms. The molecule has 0 bridgehead atoms. The van der Waals surface area contributed by atoms with E-state index in [2.05, 4.69) is 57.2 Å².